The Bertz CT molecular complexity index is 433. The predicted octanol–water partition coefficient (Wildman–Crippen LogP) is -0.302. The van der Waals surface area contributed by atoms with Gasteiger partial charge in [-0.1, -0.05) is 0 Å². The van der Waals surface area contributed by atoms with Gasteiger partial charge in [0.05, 0.1) is 24.0 Å². The molecular formula is C8H5N2O2-. The molecule has 4 nitrogen and oxygen atoms in total. The number of carboxylic acid groups (broad SMARTS) is 1. The molecule has 0 aromatic carbocycles. The minimum Gasteiger partial charge on any atom is -0.545 e. The van der Waals surface area contributed by atoms with Crippen molar-refractivity contribution in [1.82, 2.24) is 9.38 Å². The molecule has 2 aromatic heterocycles. The zero-order chi connectivity index (χ0) is 8.55. The first kappa shape index (κ1) is 6.84. The van der Waals surface area contributed by atoms with Gasteiger partial charge in [0.2, 0.25) is 0 Å². The number of imidazole rings is 1. The maximum atomic E-state index is 10.6. The van der Waals surface area contributed by atoms with Crippen molar-refractivity contribution in [3.8, 4) is 0 Å². The van der Waals surface area contributed by atoms with E-state index < -0.39 is 5.97 Å². The van der Waals surface area contributed by atoms with Crippen LogP contribution in [0.2, 0.25) is 0 Å². The Balaban J connectivity index is 2.82. The number of aromatic carboxylic acids is 1. The summed E-state index contributed by atoms with van der Waals surface area (Å²) < 4.78 is 1.63. The third kappa shape index (κ3) is 0.852. The number of aromatic nitrogens is 2. The lowest BCUT2D eigenvalue weighted by Gasteiger charge is -2.03. The molecule has 0 fully saturated rings. The van der Waals surface area contributed by atoms with E-state index in [1.165, 1.54) is 12.3 Å². The van der Waals surface area contributed by atoms with Crippen LogP contribution in [0.15, 0.2) is 30.9 Å². The first-order chi connectivity index (χ1) is 5.79. The third-order valence-corrected chi connectivity index (χ3v) is 1.67. The van der Waals surface area contributed by atoms with Gasteiger partial charge in [-0.05, 0) is 12.1 Å². The Morgan fingerprint density at radius 1 is 1.58 bits per heavy atom. The highest BCUT2D eigenvalue weighted by Gasteiger charge is 2.00. The van der Waals surface area contributed by atoms with E-state index in [4.69, 9.17) is 0 Å². The number of hydrogen-bond acceptors (Lipinski definition) is 3. The minimum atomic E-state index is -1.18. The van der Waals surface area contributed by atoms with Crippen molar-refractivity contribution in [2.75, 3.05) is 0 Å². The standard InChI is InChI=1S/C8H6N2O2/c11-8(12)6-2-1-3-10-5-9-4-7(6)10/h1-5H,(H,11,12)/p-1. The second-order valence-corrected chi connectivity index (χ2v) is 2.40. The lowest BCUT2D eigenvalue weighted by molar-refractivity contribution is -0.254. The SMILES string of the molecule is O=C([O-])c1cccn2cncc12. The second-order valence-electron chi connectivity index (χ2n) is 2.40. The summed E-state index contributed by atoms with van der Waals surface area (Å²) in [7, 11) is 0. The molecule has 12 heavy (non-hydrogen) atoms. The van der Waals surface area contributed by atoms with E-state index in [-0.39, 0.29) is 5.56 Å². The Morgan fingerprint density at radius 2 is 2.42 bits per heavy atom. The Morgan fingerprint density at radius 3 is 3.17 bits per heavy atom. The van der Waals surface area contributed by atoms with Gasteiger partial charge < -0.3 is 14.3 Å². The average Bonchev–Trinajstić information content (AvgIpc) is 2.49. The third-order valence-electron chi connectivity index (χ3n) is 1.67. The largest absolute Gasteiger partial charge is 0.545 e. The molecular weight excluding hydrogens is 156 g/mol. The summed E-state index contributed by atoms with van der Waals surface area (Å²) >= 11 is 0. The normalized spacial score (nSPS) is 10.3. The predicted molar refractivity (Wildman–Crippen MR) is 39.5 cm³/mol. The quantitative estimate of drug-likeness (QED) is 0.576. The molecule has 0 saturated heterocycles. The van der Waals surface area contributed by atoms with E-state index in [9.17, 15) is 9.90 Å². The Hall–Kier alpha value is -1.84. The van der Waals surface area contributed by atoms with Crippen LogP contribution >= 0.6 is 0 Å². The zero-order valence-corrected chi connectivity index (χ0v) is 6.10. The van der Waals surface area contributed by atoms with Crippen LogP contribution in [0.1, 0.15) is 10.4 Å². The smallest absolute Gasteiger partial charge is 0.0992 e. The van der Waals surface area contributed by atoms with Crippen LogP contribution in [0.3, 0.4) is 0 Å². The molecule has 60 valence electrons. The number of carbonyl (C=O) groups is 1. The zero-order valence-electron chi connectivity index (χ0n) is 6.10. The first-order valence-corrected chi connectivity index (χ1v) is 3.41. The van der Waals surface area contributed by atoms with Crippen molar-refractivity contribution in [3.63, 3.8) is 0 Å². The minimum absolute atomic E-state index is 0.162. The molecule has 0 saturated carbocycles. The molecule has 0 radical (unpaired) electrons. The molecule has 2 aromatic rings. The van der Waals surface area contributed by atoms with Gasteiger partial charge in [0.1, 0.15) is 0 Å². The van der Waals surface area contributed by atoms with Gasteiger partial charge in [0.25, 0.3) is 0 Å². The van der Waals surface area contributed by atoms with Crippen molar-refractivity contribution >= 4 is 11.5 Å². The molecule has 0 unspecified atom stereocenters. The second kappa shape index (κ2) is 2.34. The molecule has 0 N–H and O–H groups in total. The summed E-state index contributed by atoms with van der Waals surface area (Å²) in [6.45, 7) is 0. The maximum absolute atomic E-state index is 10.6. The summed E-state index contributed by atoms with van der Waals surface area (Å²) in [6, 6.07) is 3.13. The van der Waals surface area contributed by atoms with E-state index in [1.807, 2.05) is 0 Å². The Kier molecular flexibility index (Phi) is 1.33. The van der Waals surface area contributed by atoms with Crippen molar-refractivity contribution in [2.45, 2.75) is 0 Å². The van der Waals surface area contributed by atoms with Gasteiger partial charge in [-0.3, -0.25) is 0 Å². The van der Waals surface area contributed by atoms with Crippen LogP contribution in [0, 0.1) is 0 Å². The molecule has 0 aliphatic heterocycles. The molecule has 0 aliphatic rings. The number of fused-ring (bicyclic) bond motifs is 1. The van der Waals surface area contributed by atoms with Crippen molar-refractivity contribution in [2.24, 2.45) is 0 Å². The molecule has 0 aliphatic carbocycles. The van der Waals surface area contributed by atoms with Crippen LogP contribution in [0.4, 0.5) is 0 Å². The monoisotopic (exact) mass is 161 g/mol. The fourth-order valence-electron chi connectivity index (χ4n) is 1.12. The van der Waals surface area contributed by atoms with E-state index in [1.54, 1.807) is 23.0 Å². The van der Waals surface area contributed by atoms with Crippen LogP contribution in [-0.4, -0.2) is 15.4 Å². The van der Waals surface area contributed by atoms with E-state index in [0.717, 1.165) is 0 Å². The summed E-state index contributed by atoms with van der Waals surface area (Å²) in [5, 5.41) is 10.6. The van der Waals surface area contributed by atoms with Gasteiger partial charge in [0, 0.05) is 11.8 Å². The molecule has 0 atom stereocenters. The van der Waals surface area contributed by atoms with Crippen molar-refractivity contribution in [1.29, 1.82) is 0 Å². The number of carbonyl (C=O) groups excluding carboxylic acids is 1. The van der Waals surface area contributed by atoms with Crippen LogP contribution in [0.5, 0.6) is 0 Å². The van der Waals surface area contributed by atoms with Crippen LogP contribution in [0.25, 0.3) is 5.52 Å². The van der Waals surface area contributed by atoms with Gasteiger partial charge in [-0.15, -0.1) is 0 Å². The summed E-state index contributed by atoms with van der Waals surface area (Å²) in [5.74, 6) is -1.18. The van der Waals surface area contributed by atoms with Gasteiger partial charge in [-0.25, -0.2) is 4.98 Å². The highest BCUT2D eigenvalue weighted by Crippen LogP contribution is 2.07. The fourth-order valence-corrected chi connectivity index (χ4v) is 1.12. The summed E-state index contributed by atoms with van der Waals surface area (Å²) in [5.41, 5.74) is 0.715. The van der Waals surface area contributed by atoms with Gasteiger partial charge in [-0.2, -0.15) is 0 Å². The highest BCUT2D eigenvalue weighted by atomic mass is 16.4. The fraction of sp³-hybridized carbons (Fsp3) is 0. The molecule has 2 heterocycles. The van der Waals surface area contributed by atoms with Crippen LogP contribution < -0.4 is 5.11 Å². The van der Waals surface area contributed by atoms with Gasteiger partial charge >= 0.3 is 0 Å². The number of pyridine rings is 1. The molecule has 0 bridgehead atoms. The number of rotatable bonds is 1. The van der Waals surface area contributed by atoms with Gasteiger partial charge in [0.15, 0.2) is 0 Å². The average molecular weight is 161 g/mol. The first-order valence-electron chi connectivity index (χ1n) is 3.41. The van der Waals surface area contributed by atoms with Crippen molar-refractivity contribution in [3.05, 3.63) is 36.4 Å². The lowest BCUT2D eigenvalue weighted by Crippen LogP contribution is -2.22. The summed E-state index contributed by atoms with van der Waals surface area (Å²) in [4.78, 5) is 14.4. The highest BCUT2D eigenvalue weighted by molar-refractivity contribution is 5.93. The van der Waals surface area contributed by atoms with E-state index >= 15 is 0 Å². The molecule has 4 heteroatoms. The number of hydrogen-bond donors (Lipinski definition) is 0. The van der Waals surface area contributed by atoms with E-state index in [0.29, 0.717) is 5.52 Å². The Labute approximate surface area is 68.1 Å². The molecule has 0 amide bonds. The van der Waals surface area contributed by atoms with Crippen molar-refractivity contribution < 1.29 is 9.90 Å². The number of nitrogens with zero attached hydrogens (tertiary/aromatic N) is 2. The topological polar surface area (TPSA) is 57.4 Å². The number of carboxylic acids is 1. The lowest BCUT2D eigenvalue weighted by atomic mass is 10.2. The van der Waals surface area contributed by atoms with E-state index in [2.05, 4.69) is 4.98 Å². The van der Waals surface area contributed by atoms with Crippen LogP contribution in [-0.2, 0) is 0 Å². The molecule has 0 spiro atoms. The summed E-state index contributed by atoms with van der Waals surface area (Å²) in [6.07, 6.45) is 4.77. The molecule has 2 rings (SSSR count). The maximum Gasteiger partial charge on any atom is 0.0992 e.